The van der Waals surface area contributed by atoms with Crippen LogP contribution in [-0.2, 0) is 16.9 Å². The Kier molecular flexibility index (Phi) is 4.27. The van der Waals surface area contributed by atoms with E-state index < -0.39 is 5.60 Å². The minimum absolute atomic E-state index is 0.217. The first kappa shape index (κ1) is 16.6. The van der Waals surface area contributed by atoms with Crippen LogP contribution in [0.1, 0.15) is 17.2 Å². The van der Waals surface area contributed by atoms with Gasteiger partial charge >= 0.3 is 0 Å². The monoisotopic (exact) mass is 375 g/mol. The second kappa shape index (κ2) is 6.44. The summed E-state index contributed by atoms with van der Waals surface area (Å²) in [6.45, 7) is 0.477. The summed E-state index contributed by atoms with van der Waals surface area (Å²) >= 11 is 7.88. The summed E-state index contributed by atoms with van der Waals surface area (Å²) in [5.41, 5.74) is 1.16. The number of hydrogen-bond acceptors (Lipinski definition) is 4. The fourth-order valence-corrected chi connectivity index (χ4v) is 3.79. The van der Waals surface area contributed by atoms with Crippen LogP contribution in [0.2, 0.25) is 5.02 Å². The normalized spacial score (nSPS) is 22.1. The topological polar surface area (TPSA) is 43.2 Å². The Hall–Kier alpha value is -1.89. The Morgan fingerprint density at radius 2 is 2.00 bits per heavy atom. The van der Waals surface area contributed by atoms with Crippen molar-refractivity contribution in [2.75, 3.05) is 6.26 Å². The van der Waals surface area contributed by atoms with Crippen molar-refractivity contribution in [3.63, 3.8) is 0 Å². The molecule has 2 atom stereocenters. The van der Waals surface area contributed by atoms with Crippen LogP contribution in [0.5, 0.6) is 0 Å². The zero-order chi connectivity index (χ0) is 17.4. The Morgan fingerprint density at radius 1 is 1.24 bits per heavy atom. The predicted molar refractivity (Wildman–Crippen MR) is 95.2 cm³/mol. The molecule has 0 N–H and O–H groups in total. The van der Waals surface area contributed by atoms with Crippen LogP contribution in [0, 0.1) is 5.82 Å². The van der Waals surface area contributed by atoms with E-state index in [1.807, 2.05) is 35.2 Å². The molecule has 2 aromatic carbocycles. The molecule has 1 aliphatic heterocycles. The number of thioether (sulfide) groups is 1. The summed E-state index contributed by atoms with van der Waals surface area (Å²) in [6, 6.07) is 14.0. The van der Waals surface area contributed by atoms with Crippen LogP contribution in [-0.4, -0.2) is 21.0 Å². The van der Waals surface area contributed by atoms with Gasteiger partial charge in [0.25, 0.3) is 0 Å². The lowest BCUT2D eigenvalue weighted by Gasteiger charge is -2.15. The van der Waals surface area contributed by atoms with Crippen molar-refractivity contribution in [2.24, 2.45) is 0 Å². The van der Waals surface area contributed by atoms with Crippen molar-refractivity contribution < 1.29 is 9.13 Å². The van der Waals surface area contributed by atoms with Gasteiger partial charge in [0, 0.05) is 10.6 Å². The molecule has 3 aromatic rings. The van der Waals surface area contributed by atoms with Gasteiger partial charge < -0.3 is 4.74 Å². The van der Waals surface area contributed by atoms with E-state index in [1.54, 1.807) is 12.1 Å². The molecule has 128 valence electrons. The summed E-state index contributed by atoms with van der Waals surface area (Å²) in [5.74, 6) is -0.278. The third-order valence-corrected chi connectivity index (χ3v) is 5.39. The lowest BCUT2D eigenvalue weighted by Crippen LogP contribution is -2.20. The van der Waals surface area contributed by atoms with Gasteiger partial charge in [-0.1, -0.05) is 53.7 Å². The molecule has 0 bridgehead atoms. The number of nitrogens with zero attached hydrogens (tertiary/aromatic N) is 3. The number of rotatable bonds is 5. The lowest BCUT2D eigenvalue weighted by atomic mass is 9.91. The highest BCUT2D eigenvalue weighted by atomic mass is 35.5. The van der Waals surface area contributed by atoms with E-state index in [4.69, 9.17) is 16.3 Å². The molecular formula is C18H15ClFN3OS. The number of ether oxygens (including phenoxy) is 1. The standard InChI is InChI=1S/C18H15ClFN3OS/c1-25-17-21-11-22-23(17)10-18(12-6-8-13(20)9-7-12)16(24-18)14-4-2-3-5-15(14)19/h2-9,11,16H,10H2,1H3. The smallest absolute Gasteiger partial charge is 0.185 e. The van der Waals surface area contributed by atoms with E-state index in [9.17, 15) is 4.39 Å². The highest BCUT2D eigenvalue weighted by Crippen LogP contribution is 2.59. The fraction of sp³-hybridized carbons (Fsp3) is 0.222. The Labute approximate surface area is 154 Å². The van der Waals surface area contributed by atoms with Crippen LogP contribution in [0.25, 0.3) is 0 Å². The van der Waals surface area contributed by atoms with Crippen molar-refractivity contribution in [3.05, 3.63) is 76.8 Å². The van der Waals surface area contributed by atoms with Crippen LogP contribution in [0.3, 0.4) is 0 Å². The molecule has 2 heterocycles. The Balaban J connectivity index is 1.75. The third kappa shape index (κ3) is 2.94. The van der Waals surface area contributed by atoms with Crippen molar-refractivity contribution in [1.29, 1.82) is 0 Å². The van der Waals surface area contributed by atoms with Gasteiger partial charge in [-0.25, -0.2) is 14.1 Å². The lowest BCUT2D eigenvalue weighted by molar-refractivity contribution is 0.256. The number of halogens is 2. The molecule has 1 saturated heterocycles. The number of benzene rings is 2. The molecule has 0 amide bonds. The van der Waals surface area contributed by atoms with Crippen LogP contribution >= 0.6 is 23.4 Å². The summed E-state index contributed by atoms with van der Waals surface area (Å²) in [4.78, 5) is 4.24. The highest BCUT2D eigenvalue weighted by molar-refractivity contribution is 7.98. The first-order chi connectivity index (χ1) is 12.1. The Bertz CT molecular complexity index is 901. The van der Waals surface area contributed by atoms with E-state index >= 15 is 0 Å². The molecule has 25 heavy (non-hydrogen) atoms. The predicted octanol–water partition coefficient (Wildman–Crippen LogP) is 4.46. The molecule has 4 rings (SSSR count). The minimum Gasteiger partial charge on any atom is -0.354 e. The van der Waals surface area contributed by atoms with Crippen LogP contribution in [0.4, 0.5) is 4.39 Å². The van der Waals surface area contributed by atoms with Crippen molar-refractivity contribution >= 4 is 23.4 Å². The molecule has 2 unspecified atom stereocenters. The first-order valence-electron chi connectivity index (χ1n) is 7.74. The van der Waals surface area contributed by atoms with E-state index in [1.165, 1.54) is 30.2 Å². The van der Waals surface area contributed by atoms with Gasteiger partial charge in [-0.2, -0.15) is 5.10 Å². The average Bonchev–Trinajstić information content (AvgIpc) is 3.16. The summed E-state index contributed by atoms with van der Waals surface area (Å²) < 4.78 is 21.4. The molecule has 0 radical (unpaired) electrons. The average molecular weight is 376 g/mol. The second-order valence-electron chi connectivity index (χ2n) is 5.82. The van der Waals surface area contributed by atoms with E-state index in [2.05, 4.69) is 10.1 Å². The summed E-state index contributed by atoms with van der Waals surface area (Å²) in [6.07, 6.45) is 3.26. The number of aromatic nitrogens is 3. The molecule has 1 fully saturated rings. The largest absolute Gasteiger partial charge is 0.354 e. The molecule has 1 aliphatic rings. The summed E-state index contributed by atoms with van der Waals surface area (Å²) in [5, 5.41) is 5.76. The highest BCUT2D eigenvalue weighted by Gasteiger charge is 2.59. The minimum atomic E-state index is -0.642. The molecular weight excluding hydrogens is 361 g/mol. The van der Waals surface area contributed by atoms with Gasteiger partial charge in [0.15, 0.2) is 5.16 Å². The molecule has 0 saturated carbocycles. The SMILES string of the molecule is CSc1ncnn1CC1(c2ccc(F)cc2)OC1c1ccccc1Cl. The quantitative estimate of drug-likeness (QED) is 0.488. The molecule has 7 heteroatoms. The van der Waals surface area contributed by atoms with Gasteiger partial charge in [0.1, 0.15) is 23.8 Å². The maximum absolute atomic E-state index is 13.4. The van der Waals surface area contributed by atoms with Gasteiger partial charge in [0.2, 0.25) is 0 Å². The third-order valence-electron chi connectivity index (χ3n) is 4.36. The van der Waals surface area contributed by atoms with Crippen LogP contribution < -0.4 is 0 Å². The number of hydrogen-bond donors (Lipinski definition) is 0. The number of epoxide rings is 1. The maximum atomic E-state index is 13.4. The zero-order valence-electron chi connectivity index (χ0n) is 13.4. The molecule has 4 nitrogen and oxygen atoms in total. The summed E-state index contributed by atoms with van der Waals surface area (Å²) in [7, 11) is 0. The van der Waals surface area contributed by atoms with E-state index in [0.717, 1.165) is 16.3 Å². The van der Waals surface area contributed by atoms with E-state index in [0.29, 0.717) is 11.6 Å². The van der Waals surface area contributed by atoms with Gasteiger partial charge in [-0.3, -0.25) is 0 Å². The van der Waals surface area contributed by atoms with Gasteiger partial charge in [-0.15, -0.1) is 0 Å². The molecule has 0 spiro atoms. The maximum Gasteiger partial charge on any atom is 0.185 e. The fourth-order valence-electron chi connectivity index (χ4n) is 3.08. The van der Waals surface area contributed by atoms with Crippen molar-refractivity contribution in [3.8, 4) is 0 Å². The molecule has 1 aromatic heterocycles. The second-order valence-corrected chi connectivity index (χ2v) is 7.00. The van der Waals surface area contributed by atoms with Crippen LogP contribution in [0.15, 0.2) is 60.0 Å². The molecule has 0 aliphatic carbocycles. The Morgan fingerprint density at radius 3 is 2.72 bits per heavy atom. The van der Waals surface area contributed by atoms with Gasteiger partial charge in [-0.05, 0) is 30.0 Å². The van der Waals surface area contributed by atoms with Crippen molar-refractivity contribution in [2.45, 2.75) is 23.4 Å². The van der Waals surface area contributed by atoms with Gasteiger partial charge in [0.05, 0.1) is 6.54 Å². The van der Waals surface area contributed by atoms with E-state index in [-0.39, 0.29) is 11.9 Å². The first-order valence-corrected chi connectivity index (χ1v) is 9.34. The van der Waals surface area contributed by atoms with Crippen molar-refractivity contribution in [1.82, 2.24) is 14.8 Å². The zero-order valence-corrected chi connectivity index (χ0v) is 15.0.